The maximum absolute atomic E-state index is 12.7. The number of hydrogen-bond acceptors (Lipinski definition) is 4. The molecule has 2 aromatic rings. The molecule has 2 heterocycles. The molecule has 0 bridgehead atoms. The molecule has 1 fully saturated rings. The molecule has 0 spiro atoms. The summed E-state index contributed by atoms with van der Waals surface area (Å²) in [6, 6.07) is 6.37. The molecular weight excluding hydrogens is 384 g/mol. The Hall–Kier alpha value is -2.41. The molecule has 3 rings (SSSR count). The van der Waals surface area contributed by atoms with Gasteiger partial charge in [-0.3, -0.25) is 4.79 Å². The number of piperidine rings is 1. The third-order valence-electron chi connectivity index (χ3n) is 5.56. The SMILES string of the molecule is CCN(CC)C(=O)N1CCC(C(=O)Nc2nc(-c3ccc(C)cc3C)cs2)CC1. The van der Waals surface area contributed by atoms with Gasteiger partial charge in [-0.15, -0.1) is 11.3 Å². The van der Waals surface area contributed by atoms with Crippen LogP contribution in [0.5, 0.6) is 0 Å². The van der Waals surface area contributed by atoms with E-state index < -0.39 is 0 Å². The third kappa shape index (κ3) is 4.96. The molecule has 7 heteroatoms. The second-order valence-electron chi connectivity index (χ2n) is 7.56. The fraction of sp³-hybridized carbons (Fsp3) is 0.500. The molecule has 156 valence electrons. The lowest BCUT2D eigenvalue weighted by molar-refractivity contribution is -0.121. The van der Waals surface area contributed by atoms with E-state index >= 15 is 0 Å². The number of hydrogen-bond donors (Lipinski definition) is 1. The van der Waals surface area contributed by atoms with Crippen molar-refractivity contribution in [2.24, 2.45) is 5.92 Å². The predicted octanol–water partition coefficient (Wildman–Crippen LogP) is 4.54. The Morgan fingerprint density at radius 2 is 1.90 bits per heavy atom. The maximum atomic E-state index is 12.7. The van der Waals surface area contributed by atoms with Crippen LogP contribution in [0, 0.1) is 19.8 Å². The summed E-state index contributed by atoms with van der Waals surface area (Å²) in [4.78, 5) is 33.4. The molecule has 1 saturated heterocycles. The average Bonchev–Trinajstić information content (AvgIpc) is 3.17. The van der Waals surface area contributed by atoms with Crippen LogP contribution in [0.3, 0.4) is 0 Å². The molecule has 1 aromatic carbocycles. The van der Waals surface area contributed by atoms with Crippen molar-refractivity contribution in [2.75, 3.05) is 31.5 Å². The van der Waals surface area contributed by atoms with Crippen molar-refractivity contribution < 1.29 is 9.59 Å². The van der Waals surface area contributed by atoms with E-state index in [1.807, 2.05) is 29.0 Å². The highest BCUT2D eigenvalue weighted by Gasteiger charge is 2.29. The summed E-state index contributed by atoms with van der Waals surface area (Å²) in [5.41, 5.74) is 4.39. The highest BCUT2D eigenvalue weighted by molar-refractivity contribution is 7.14. The number of amides is 3. The van der Waals surface area contributed by atoms with E-state index in [0.29, 0.717) is 44.2 Å². The standard InChI is InChI=1S/C22H30N4O2S/c1-5-25(6-2)22(28)26-11-9-17(10-12-26)20(27)24-21-23-19(14-29-21)18-8-7-15(3)13-16(18)4/h7-8,13-14,17H,5-6,9-12H2,1-4H3,(H,23,24,27). The van der Waals surface area contributed by atoms with Gasteiger partial charge < -0.3 is 15.1 Å². The molecule has 0 radical (unpaired) electrons. The van der Waals surface area contributed by atoms with E-state index in [9.17, 15) is 9.59 Å². The number of carbonyl (C=O) groups excluding carboxylic acids is 2. The van der Waals surface area contributed by atoms with Gasteiger partial charge in [0.15, 0.2) is 5.13 Å². The molecular formula is C22H30N4O2S. The number of benzene rings is 1. The maximum Gasteiger partial charge on any atom is 0.319 e. The Morgan fingerprint density at radius 3 is 2.52 bits per heavy atom. The van der Waals surface area contributed by atoms with Crippen molar-refractivity contribution in [3.63, 3.8) is 0 Å². The number of rotatable bonds is 5. The molecule has 1 aromatic heterocycles. The van der Waals surface area contributed by atoms with E-state index in [1.54, 1.807) is 0 Å². The van der Waals surface area contributed by atoms with E-state index in [-0.39, 0.29) is 17.9 Å². The molecule has 1 N–H and O–H groups in total. The van der Waals surface area contributed by atoms with Gasteiger partial charge >= 0.3 is 6.03 Å². The van der Waals surface area contributed by atoms with E-state index in [4.69, 9.17) is 0 Å². The molecule has 0 saturated carbocycles. The molecule has 0 atom stereocenters. The van der Waals surface area contributed by atoms with Crippen LogP contribution in [0.2, 0.25) is 0 Å². The van der Waals surface area contributed by atoms with Gasteiger partial charge in [-0.1, -0.05) is 23.8 Å². The van der Waals surface area contributed by atoms with Crippen LogP contribution in [0.1, 0.15) is 37.8 Å². The lowest BCUT2D eigenvalue weighted by atomic mass is 9.96. The van der Waals surface area contributed by atoms with E-state index in [0.717, 1.165) is 11.3 Å². The summed E-state index contributed by atoms with van der Waals surface area (Å²) in [5, 5.41) is 5.59. The number of anilines is 1. The van der Waals surface area contributed by atoms with Gasteiger partial charge in [-0.25, -0.2) is 9.78 Å². The fourth-order valence-corrected chi connectivity index (χ4v) is 4.50. The monoisotopic (exact) mass is 414 g/mol. The lowest BCUT2D eigenvalue weighted by Crippen LogP contribution is -2.47. The minimum atomic E-state index is -0.0794. The molecule has 6 nitrogen and oxygen atoms in total. The van der Waals surface area contributed by atoms with Gasteiger partial charge in [0.25, 0.3) is 0 Å². The summed E-state index contributed by atoms with van der Waals surface area (Å²) in [6.45, 7) is 10.8. The van der Waals surface area contributed by atoms with Crippen LogP contribution in [0.15, 0.2) is 23.6 Å². The van der Waals surface area contributed by atoms with Gasteiger partial charge in [0.2, 0.25) is 5.91 Å². The van der Waals surface area contributed by atoms with Crippen LogP contribution in [-0.4, -0.2) is 52.9 Å². The number of likely N-dealkylation sites (tertiary alicyclic amines) is 1. The highest BCUT2D eigenvalue weighted by Crippen LogP contribution is 2.29. The number of nitrogens with one attached hydrogen (secondary N) is 1. The van der Waals surface area contributed by atoms with Crippen LogP contribution >= 0.6 is 11.3 Å². The average molecular weight is 415 g/mol. The topological polar surface area (TPSA) is 65.5 Å². The largest absolute Gasteiger partial charge is 0.325 e. The van der Waals surface area contributed by atoms with Crippen molar-refractivity contribution in [2.45, 2.75) is 40.5 Å². The molecule has 1 aliphatic rings. The Balaban J connectivity index is 1.57. The lowest BCUT2D eigenvalue weighted by Gasteiger charge is -2.34. The number of aromatic nitrogens is 1. The molecule has 0 aliphatic carbocycles. The summed E-state index contributed by atoms with van der Waals surface area (Å²) >= 11 is 1.45. The smallest absolute Gasteiger partial charge is 0.319 e. The minimum Gasteiger partial charge on any atom is -0.325 e. The van der Waals surface area contributed by atoms with E-state index in [2.05, 4.69) is 42.3 Å². The quantitative estimate of drug-likeness (QED) is 0.781. The van der Waals surface area contributed by atoms with Crippen LogP contribution < -0.4 is 5.32 Å². The van der Waals surface area contributed by atoms with Gasteiger partial charge in [-0.2, -0.15) is 0 Å². The summed E-state index contributed by atoms with van der Waals surface area (Å²) in [7, 11) is 0. The number of nitrogens with zero attached hydrogens (tertiary/aromatic N) is 3. The third-order valence-corrected chi connectivity index (χ3v) is 6.32. The van der Waals surface area contributed by atoms with Gasteiger partial charge in [0.05, 0.1) is 5.69 Å². The van der Waals surface area contributed by atoms with Gasteiger partial charge in [-0.05, 0) is 46.1 Å². The highest BCUT2D eigenvalue weighted by atomic mass is 32.1. The second kappa shape index (κ2) is 9.39. The van der Waals surface area contributed by atoms with Crippen molar-refractivity contribution in [3.8, 4) is 11.3 Å². The first-order chi connectivity index (χ1) is 13.9. The zero-order valence-corrected chi connectivity index (χ0v) is 18.5. The van der Waals surface area contributed by atoms with Gasteiger partial charge in [0, 0.05) is 43.0 Å². The van der Waals surface area contributed by atoms with Crippen LogP contribution in [0.4, 0.5) is 9.93 Å². The van der Waals surface area contributed by atoms with Crippen LogP contribution in [-0.2, 0) is 4.79 Å². The van der Waals surface area contributed by atoms with Crippen molar-refractivity contribution in [3.05, 3.63) is 34.7 Å². The number of urea groups is 1. The Morgan fingerprint density at radius 1 is 1.21 bits per heavy atom. The van der Waals surface area contributed by atoms with Gasteiger partial charge in [0.1, 0.15) is 0 Å². The molecule has 1 aliphatic heterocycles. The number of carbonyl (C=O) groups is 2. The normalized spacial score (nSPS) is 14.7. The zero-order chi connectivity index (χ0) is 21.0. The molecule has 3 amide bonds. The Bertz CT molecular complexity index is 867. The summed E-state index contributed by atoms with van der Waals surface area (Å²) < 4.78 is 0. The van der Waals surface area contributed by atoms with E-state index in [1.165, 1.54) is 22.5 Å². The predicted molar refractivity (Wildman–Crippen MR) is 118 cm³/mol. The molecule has 0 unspecified atom stereocenters. The Kier molecular flexibility index (Phi) is 6.90. The first kappa shape index (κ1) is 21.3. The minimum absolute atomic E-state index is 0.00136. The van der Waals surface area contributed by atoms with Crippen molar-refractivity contribution in [1.82, 2.24) is 14.8 Å². The first-order valence-electron chi connectivity index (χ1n) is 10.3. The summed E-state index contributed by atoms with van der Waals surface area (Å²) in [5.74, 6) is -0.0781. The van der Waals surface area contributed by atoms with Crippen LogP contribution in [0.25, 0.3) is 11.3 Å². The van der Waals surface area contributed by atoms with Crippen molar-refractivity contribution in [1.29, 1.82) is 0 Å². The first-order valence-corrected chi connectivity index (χ1v) is 11.2. The van der Waals surface area contributed by atoms with Crippen molar-refractivity contribution >= 4 is 28.4 Å². The second-order valence-corrected chi connectivity index (χ2v) is 8.42. The summed E-state index contributed by atoms with van der Waals surface area (Å²) in [6.07, 6.45) is 1.38. The fourth-order valence-electron chi connectivity index (χ4n) is 3.79. The number of thiazole rings is 1. The zero-order valence-electron chi connectivity index (χ0n) is 17.7. The molecule has 29 heavy (non-hydrogen) atoms. The Labute approximate surface area is 176 Å². The number of aryl methyl sites for hydroxylation is 2.